The molecule has 0 spiro atoms. The summed E-state index contributed by atoms with van der Waals surface area (Å²) in [4.78, 5) is 38.3. The molecule has 2 amide bonds. The monoisotopic (exact) mass is 459 g/mol. The maximum absolute atomic E-state index is 12.6. The first kappa shape index (κ1) is 23.2. The summed E-state index contributed by atoms with van der Waals surface area (Å²) in [6.07, 6.45) is 3.19. The summed E-state index contributed by atoms with van der Waals surface area (Å²) in [5.74, 6) is 0.773. The standard InChI is InChI=1S/C26H29N5O3/c1-19(32)27-22-8-5-9-23(17-22)28-25(33)18-31-26(34)11-10-24(29-31)30-14-12-21(13-15-30)16-20-6-3-2-4-7-20/h2-11,17,21H,12-16,18H2,1H3,(H,27,32)(H,28,33). The number of aromatic nitrogens is 2. The Bertz CT molecular complexity index is 1200. The highest BCUT2D eigenvalue weighted by atomic mass is 16.2. The lowest BCUT2D eigenvalue weighted by molar-refractivity contribution is -0.117. The van der Waals surface area contributed by atoms with E-state index in [1.54, 1.807) is 30.3 Å². The van der Waals surface area contributed by atoms with E-state index < -0.39 is 0 Å². The van der Waals surface area contributed by atoms with Gasteiger partial charge in [-0.3, -0.25) is 14.4 Å². The molecule has 2 aromatic carbocycles. The Morgan fingerprint density at radius 1 is 0.941 bits per heavy atom. The topological polar surface area (TPSA) is 96.3 Å². The van der Waals surface area contributed by atoms with E-state index in [1.165, 1.54) is 23.2 Å². The Labute approximate surface area is 198 Å². The summed E-state index contributed by atoms with van der Waals surface area (Å²) < 4.78 is 1.19. The average molecular weight is 460 g/mol. The average Bonchev–Trinajstić information content (AvgIpc) is 2.81. The number of hydrogen-bond donors (Lipinski definition) is 2. The van der Waals surface area contributed by atoms with Crippen LogP contribution in [0.2, 0.25) is 0 Å². The maximum Gasteiger partial charge on any atom is 0.267 e. The first-order valence-electron chi connectivity index (χ1n) is 11.5. The molecule has 1 fully saturated rings. The number of rotatable bonds is 7. The zero-order chi connectivity index (χ0) is 23.9. The first-order valence-corrected chi connectivity index (χ1v) is 11.5. The van der Waals surface area contributed by atoms with Crippen LogP contribution in [0.5, 0.6) is 0 Å². The van der Waals surface area contributed by atoms with Crippen molar-refractivity contribution in [3.63, 3.8) is 0 Å². The van der Waals surface area contributed by atoms with Crippen LogP contribution < -0.4 is 21.1 Å². The van der Waals surface area contributed by atoms with Crippen molar-refractivity contribution in [2.45, 2.75) is 32.7 Å². The molecule has 8 nitrogen and oxygen atoms in total. The predicted molar refractivity (Wildman–Crippen MR) is 133 cm³/mol. The summed E-state index contributed by atoms with van der Waals surface area (Å²) in [7, 11) is 0. The van der Waals surface area contributed by atoms with Gasteiger partial charge in [0.05, 0.1) is 0 Å². The Hall–Kier alpha value is -3.94. The van der Waals surface area contributed by atoms with Crippen LogP contribution in [0, 0.1) is 5.92 Å². The van der Waals surface area contributed by atoms with Gasteiger partial charge in [0.2, 0.25) is 11.8 Å². The number of hydrogen-bond acceptors (Lipinski definition) is 5. The SMILES string of the molecule is CC(=O)Nc1cccc(NC(=O)Cn2nc(N3CCC(Cc4ccccc4)CC3)ccc2=O)c1. The quantitative estimate of drug-likeness (QED) is 0.565. The molecule has 0 atom stereocenters. The molecular formula is C26H29N5O3. The number of piperidine rings is 1. The lowest BCUT2D eigenvalue weighted by Crippen LogP contribution is -2.37. The number of carbonyl (C=O) groups excluding carboxylic acids is 2. The highest BCUT2D eigenvalue weighted by Gasteiger charge is 2.21. The van der Waals surface area contributed by atoms with Crippen LogP contribution in [0.4, 0.5) is 17.2 Å². The fourth-order valence-electron chi connectivity index (χ4n) is 4.25. The number of carbonyl (C=O) groups is 2. The van der Waals surface area contributed by atoms with Crippen LogP contribution in [-0.4, -0.2) is 34.7 Å². The van der Waals surface area contributed by atoms with Crippen LogP contribution >= 0.6 is 0 Å². The molecule has 34 heavy (non-hydrogen) atoms. The fraction of sp³-hybridized carbons (Fsp3) is 0.308. The first-order chi connectivity index (χ1) is 16.5. The minimum Gasteiger partial charge on any atom is -0.355 e. The smallest absolute Gasteiger partial charge is 0.267 e. The normalized spacial score (nSPS) is 14.0. The van der Waals surface area contributed by atoms with E-state index in [4.69, 9.17) is 0 Å². The second kappa shape index (κ2) is 10.8. The van der Waals surface area contributed by atoms with Crippen molar-refractivity contribution in [2.24, 2.45) is 5.92 Å². The summed E-state index contributed by atoms with van der Waals surface area (Å²) >= 11 is 0. The molecule has 1 saturated heterocycles. The molecule has 1 aromatic heterocycles. The van der Waals surface area contributed by atoms with Gasteiger partial charge in [0.15, 0.2) is 0 Å². The Balaban J connectivity index is 1.35. The Morgan fingerprint density at radius 2 is 1.65 bits per heavy atom. The summed E-state index contributed by atoms with van der Waals surface area (Å²) in [6, 6.07) is 20.6. The van der Waals surface area contributed by atoms with Gasteiger partial charge in [0.1, 0.15) is 12.4 Å². The summed E-state index contributed by atoms with van der Waals surface area (Å²) in [6.45, 7) is 2.96. The second-order valence-electron chi connectivity index (χ2n) is 8.62. The van der Waals surface area contributed by atoms with Crippen LogP contribution in [0.1, 0.15) is 25.3 Å². The minimum absolute atomic E-state index is 0.193. The van der Waals surface area contributed by atoms with Gasteiger partial charge in [-0.2, -0.15) is 5.10 Å². The second-order valence-corrected chi connectivity index (χ2v) is 8.62. The van der Waals surface area contributed by atoms with Gasteiger partial charge in [0.25, 0.3) is 5.56 Å². The van der Waals surface area contributed by atoms with Crippen molar-refractivity contribution in [2.75, 3.05) is 28.6 Å². The molecule has 0 radical (unpaired) electrons. The molecule has 0 bridgehead atoms. The Morgan fingerprint density at radius 3 is 2.35 bits per heavy atom. The van der Waals surface area contributed by atoms with E-state index in [2.05, 4.69) is 44.9 Å². The number of nitrogens with one attached hydrogen (secondary N) is 2. The molecule has 2 heterocycles. The van der Waals surface area contributed by atoms with Crippen molar-refractivity contribution in [1.29, 1.82) is 0 Å². The van der Waals surface area contributed by atoms with Crippen LogP contribution in [0.3, 0.4) is 0 Å². The minimum atomic E-state index is -0.367. The Kier molecular flexibility index (Phi) is 7.37. The molecule has 3 aromatic rings. The van der Waals surface area contributed by atoms with E-state index in [-0.39, 0.29) is 23.9 Å². The van der Waals surface area contributed by atoms with Gasteiger partial charge < -0.3 is 15.5 Å². The van der Waals surface area contributed by atoms with E-state index in [9.17, 15) is 14.4 Å². The van der Waals surface area contributed by atoms with Gasteiger partial charge in [-0.25, -0.2) is 4.68 Å². The zero-order valence-electron chi connectivity index (χ0n) is 19.2. The van der Waals surface area contributed by atoms with E-state index in [0.717, 1.165) is 32.4 Å². The molecule has 4 rings (SSSR count). The number of nitrogens with zero attached hydrogens (tertiary/aromatic N) is 3. The van der Waals surface area contributed by atoms with Gasteiger partial charge >= 0.3 is 0 Å². The summed E-state index contributed by atoms with van der Waals surface area (Å²) in [5, 5.41) is 9.89. The molecule has 0 aliphatic carbocycles. The van der Waals surface area contributed by atoms with Crippen LogP contribution in [0.25, 0.3) is 0 Å². The zero-order valence-corrected chi connectivity index (χ0v) is 19.2. The third-order valence-electron chi connectivity index (χ3n) is 5.92. The maximum atomic E-state index is 12.6. The number of benzene rings is 2. The third kappa shape index (κ3) is 6.31. The fourth-order valence-corrected chi connectivity index (χ4v) is 4.25. The lowest BCUT2D eigenvalue weighted by Gasteiger charge is -2.33. The van der Waals surface area contributed by atoms with Gasteiger partial charge in [-0.1, -0.05) is 36.4 Å². The highest BCUT2D eigenvalue weighted by Crippen LogP contribution is 2.24. The highest BCUT2D eigenvalue weighted by molar-refractivity contribution is 5.93. The molecule has 1 aliphatic rings. The number of amides is 2. The molecule has 0 unspecified atom stereocenters. The number of anilines is 3. The van der Waals surface area contributed by atoms with Crippen molar-refractivity contribution in [3.05, 3.63) is 82.6 Å². The predicted octanol–water partition coefficient (Wildman–Crippen LogP) is 3.30. The summed E-state index contributed by atoms with van der Waals surface area (Å²) in [5.41, 5.74) is 2.14. The van der Waals surface area contributed by atoms with Crippen LogP contribution in [-0.2, 0) is 22.6 Å². The lowest BCUT2D eigenvalue weighted by atomic mass is 9.90. The van der Waals surface area contributed by atoms with Gasteiger partial charge in [-0.05, 0) is 55.0 Å². The molecule has 2 N–H and O–H groups in total. The van der Waals surface area contributed by atoms with Crippen molar-refractivity contribution in [3.8, 4) is 0 Å². The van der Waals surface area contributed by atoms with E-state index in [0.29, 0.717) is 23.1 Å². The van der Waals surface area contributed by atoms with E-state index in [1.807, 2.05) is 6.07 Å². The molecule has 0 saturated carbocycles. The largest absolute Gasteiger partial charge is 0.355 e. The molecule has 176 valence electrons. The van der Waals surface area contributed by atoms with Crippen molar-refractivity contribution in [1.82, 2.24) is 9.78 Å². The van der Waals surface area contributed by atoms with Gasteiger partial charge in [0, 0.05) is 37.5 Å². The van der Waals surface area contributed by atoms with E-state index >= 15 is 0 Å². The van der Waals surface area contributed by atoms with Crippen molar-refractivity contribution >= 4 is 29.0 Å². The molecule has 8 heteroatoms. The van der Waals surface area contributed by atoms with Gasteiger partial charge in [-0.15, -0.1) is 0 Å². The van der Waals surface area contributed by atoms with Crippen molar-refractivity contribution < 1.29 is 9.59 Å². The molecule has 1 aliphatic heterocycles. The third-order valence-corrected chi connectivity index (χ3v) is 5.92. The molecular weight excluding hydrogens is 430 g/mol. The van der Waals surface area contributed by atoms with Crippen LogP contribution in [0.15, 0.2) is 71.5 Å².